The van der Waals surface area contributed by atoms with Crippen LogP contribution >= 0.6 is 0 Å². The summed E-state index contributed by atoms with van der Waals surface area (Å²) in [5, 5.41) is 4.19. The Balaban J connectivity index is 1.32. The number of imidazole rings is 1. The Bertz CT molecular complexity index is 1030. The fourth-order valence-corrected chi connectivity index (χ4v) is 3.54. The molecule has 8 heteroatoms. The van der Waals surface area contributed by atoms with Crippen LogP contribution in [0.4, 0.5) is 0 Å². The molecule has 8 nitrogen and oxygen atoms in total. The van der Waals surface area contributed by atoms with Gasteiger partial charge < -0.3 is 10.5 Å². The Morgan fingerprint density at radius 3 is 2.77 bits per heavy atom. The lowest BCUT2D eigenvalue weighted by Gasteiger charge is -2.25. The van der Waals surface area contributed by atoms with E-state index in [1.807, 2.05) is 24.3 Å². The summed E-state index contributed by atoms with van der Waals surface area (Å²) < 4.78 is 9.64. The first-order valence-corrected chi connectivity index (χ1v) is 10.2. The highest BCUT2D eigenvalue weighted by molar-refractivity contribution is 5.83. The lowest BCUT2D eigenvalue weighted by Crippen LogP contribution is -2.38. The van der Waals surface area contributed by atoms with Gasteiger partial charge in [-0.3, -0.25) is 9.89 Å². The molecule has 0 saturated carbocycles. The minimum Gasteiger partial charge on any atom is -0.379 e. The smallest absolute Gasteiger partial charge is 0.286 e. The molecule has 3 heterocycles. The molecule has 1 aromatic carbocycles. The molecule has 0 aliphatic carbocycles. The first-order valence-electron chi connectivity index (χ1n) is 10.2. The summed E-state index contributed by atoms with van der Waals surface area (Å²) in [6, 6.07) is 14.4. The molecule has 0 unspecified atom stereocenters. The maximum atomic E-state index is 5.88. The van der Waals surface area contributed by atoms with E-state index in [9.17, 15) is 0 Å². The number of hydrogen-bond donors (Lipinski definition) is 2. The molecular formula is C22H28N7O+. The van der Waals surface area contributed by atoms with Crippen LogP contribution in [-0.2, 0) is 11.8 Å². The SMILES string of the molecule is Cn1c(-c2ccc(/C=N\NC(N)=NCCN3CCOCC3)cc2)c[n+]2ccccc12. The van der Waals surface area contributed by atoms with Crippen LogP contribution in [0.3, 0.4) is 0 Å². The number of pyridine rings is 1. The molecule has 0 atom stereocenters. The molecular weight excluding hydrogens is 378 g/mol. The van der Waals surface area contributed by atoms with E-state index in [0.29, 0.717) is 12.5 Å². The summed E-state index contributed by atoms with van der Waals surface area (Å²) >= 11 is 0. The second-order valence-electron chi connectivity index (χ2n) is 7.25. The molecule has 1 aliphatic rings. The average molecular weight is 407 g/mol. The maximum Gasteiger partial charge on any atom is 0.286 e. The molecule has 0 spiro atoms. The molecule has 2 aromatic heterocycles. The van der Waals surface area contributed by atoms with Gasteiger partial charge in [-0.1, -0.05) is 18.2 Å². The standard InChI is InChI=1S/C22H28N7O/c1-27-20(17-29-10-3-2-4-21(27)29)19-7-5-18(6-8-19)16-25-26-22(23)24-9-11-28-12-14-30-15-13-28/h2-8,10,16-17H,9,11-15H2,1H3,(H3,23,24,26)/q+1/b25-16-. The number of aliphatic imine (C=N–C) groups is 1. The van der Waals surface area contributed by atoms with E-state index in [1.165, 1.54) is 0 Å². The molecule has 1 saturated heterocycles. The largest absolute Gasteiger partial charge is 0.379 e. The van der Waals surface area contributed by atoms with Gasteiger partial charge in [-0.25, -0.2) is 14.4 Å². The Labute approximate surface area is 176 Å². The van der Waals surface area contributed by atoms with Crippen molar-refractivity contribution in [3.05, 3.63) is 60.4 Å². The summed E-state index contributed by atoms with van der Waals surface area (Å²) in [4.78, 5) is 6.63. The number of fused-ring (bicyclic) bond motifs is 1. The number of nitrogens with zero attached hydrogens (tertiary/aromatic N) is 5. The predicted octanol–water partition coefficient (Wildman–Crippen LogP) is 1.00. The highest BCUT2D eigenvalue weighted by atomic mass is 16.5. The summed E-state index contributed by atoms with van der Waals surface area (Å²) in [6.07, 6.45) is 5.93. The fraction of sp³-hybridized carbons (Fsp3) is 0.318. The van der Waals surface area contributed by atoms with Gasteiger partial charge in [-0.05, 0) is 23.8 Å². The van der Waals surface area contributed by atoms with Crippen LogP contribution < -0.4 is 15.6 Å². The number of aryl methyl sites for hydroxylation is 1. The molecule has 1 aliphatic heterocycles. The molecule has 0 amide bonds. The van der Waals surface area contributed by atoms with Crippen molar-refractivity contribution in [2.75, 3.05) is 39.4 Å². The fourth-order valence-electron chi connectivity index (χ4n) is 3.54. The topological polar surface area (TPSA) is 84.3 Å². The van der Waals surface area contributed by atoms with Crippen LogP contribution in [0.1, 0.15) is 5.56 Å². The molecule has 3 aromatic rings. The maximum absolute atomic E-state index is 5.88. The van der Waals surface area contributed by atoms with Crippen molar-refractivity contribution in [3.8, 4) is 11.3 Å². The Hall–Kier alpha value is -3.23. The zero-order chi connectivity index (χ0) is 20.8. The predicted molar refractivity (Wildman–Crippen MR) is 118 cm³/mol. The summed E-state index contributed by atoms with van der Waals surface area (Å²) in [7, 11) is 2.07. The average Bonchev–Trinajstić information content (AvgIpc) is 3.12. The first-order chi connectivity index (χ1) is 14.7. The van der Waals surface area contributed by atoms with E-state index in [2.05, 4.69) is 67.0 Å². The monoisotopic (exact) mass is 406 g/mol. The number of ether oxygens (including phenoxy) is 1. The van der Waals surface area contributed by atoms with Crippen LogP contribution in [0.5, 0.6) is 0 Å². The van der Waals surface area contributed by atoms with Crippen molar-refractivity contribution >= 4 is 17.8 Å². The van der Waals surface area contributed by atoms with Crippen LogP contribution in [-0.4, -0.2) is 61.0 Å². The second kappa shape index (κ2) is 9.51. The van der Waals surface area contributed by atoms with Gasteiger partial charge in [-0.15, -0.1) is 0 Å². The highest BCUT2D eigenvalue weighted by Gasteiger charge is 2.14. The minimum absolute atomic E-state index is 0.323. The van der Waals surface area contributed by atoms with Gasteiger partial charge in [0.2, 0.25) is 5.96 Å². The Kier molecular flexibility index (Phi) is 6.36. The van der Waals surface area contributed by atoms with E-state index in [1.54, 1.807) is 6.21 Å². The summed E-state index contributed by atoms with van der Waals surface area (Å²) in [5.74, 6) is 0.323. The van der Waals surface area contributed by atoms with Crippen molar-refractivity contribution < 1.29 is 9.14 Å². The van der Waals surface area contributed by atoms with Gasteiger partial charge in [0.1, 0.15) is 6.20 Å². The molecule has 156 valence electrons. The number of rotatable bonds is 6. The lowest BCUT2D eigenvalue weighted by molar-refractivity contribution is -0.510. The van der Waals surface area contributed by atoms with Gasteiger partial charge in [0.25, 0.3) is 5.65 Å². The van der Waals surface area contributed by atoms with Gasteiger partial charge in [0, 0.05) is 31.3 Å². The van der Waals surface area contributed by atoms with Crippen molar-refractivity contribution in [1.82, 2.24) is 14.9 Å². The van der Waals surface area contributed by atoms with E-state index in [4.69, 9.17) is 10.5 Å². The molecule has 30 heavy (non-hydrogen) atoms. The van der Waals surface area contributed by atoms with Crippen LogP contribution in [0, 0.1) is 0 Å². The molecule has 3 N–H and O–H groups in total. The molecule has 0 bridgehead atoms. The third kappa shape index (κ3) is 4.84. The van der Waals surface area contributed by atoms with Crippen molar-refractivity contribution in [1.29, 1.82) is 0 Å². The number of morpholine rings is 1. The molecule has 4 rings (SSSR count). The lowest BCUT2D eigenvalue weighted by atomic mass is 10.1. The third-order valence-electron chi connectivity index (χ3n) is 5.24. The Morgan fingerprint density at radius 2 is 2.00 bits per heavy atom. The molecule has 0 radical (unpaired) electrons. The van der Waals surface area contributed by atoms with E-state index < -0.39 is 0 Å². The van der Waals surface area contributed by atoms with Gasteiger partial charge in [0.15, 0.2) is 5.69 Å². The number of nitrogens with one attached hydrogen (secondary N) is 1. The number of benzene rings is 1. The van der Waals surface area contributed by atoms with Gasteiger partial charge in [-0.2, -0.15) is 5.10 Å². The van der Waals surface area contributed by atoms with E-state index in [-0.39, 0.29) is 0 Å². The van der Waals surface area contributed by atoms with Gasteiger partial charge >= 0.3 is 0 Å². The quantitative estimate of drug-likeness (QED) is 0.277. The number of aromatic nitrogens is 2. The normalized spacial score (nSPS) is 15.8. The number of guanidine groups is 1. The number of hydrazone groups is 1. The van der Waals surface area contributed by atoms with E-state index in [0.717, 1.165) is 55.3 Å². The second-order valence-corrected chi connectivity index (χ2v) is 7.25. The van der Waals surface area contributed by atoms with Gasteiger partial charge in [0.05, 0.1) is 39.2 Å². The van der Waals surface area contributed by atoms with Crippen LogP contribution in [0.25, 0.3) is 16.9 Å². The molecule has 1 fully saturated rings. The van der Waals surface area contributed by atoms with Crippen molar-refractivity contribution in [2.45, 2.75) is 0 Å². The number of nitrogens with two attached hydrogens (primary N) is 1. The van der Waals surface area contributed by atoms with Crippen molar-refractivity contribution in [2.24, 2.45) is 22.9 Å². The zero-order valence-corrected chi connectivity index (χ0v) is 17.2. The summed E-state index contributed by atoms with van der Waals surface area (Å²) in [6.45, 7) is 5.01. The van der Waals surface area contributed by atoms with Crippen LogP contribution in [0.15, 0.2) is 65.0 Å². The number of hydrogen-bond acceptors (Lipinski definition) is 4. The minimum atomic E-state index is 0.323. The van der Waals surface area contributed by atoms with Crippen molar-refractivity contribution in [3.63, 3.8) is 0 Å². The Morgan fingerprint density at radius 1 is 1.20 bits per heavy atom. The third-order valence-corrected chi connectivity index (χ3v) is 5.24. The zero-order valence-electron chi connectivity index (χ0n) is 17.2. The first kappa shape index (κ1) is 20.1. The van der Waals surface area contributed by atoms with E-state index >= 15 is 0 Å². The summed E-state index contributed by atoms with van der Waals surface area (Å²) in [5.41, 5.74) is 13.1. The highest BCUT2D eigenvalue weighted by Crippen LogP contribution is 2.19. The van der Waals surface area contributed by atoms with Crippen LogP contribution in [0.2, 0.25) is 0 Å².